The van der Waals surface area contributed by atoms with E-state index in [4.69, 9.17) is 0 Å². The quantitative estimate of drug-likeness (QED) is 0.731. The summed E-state index contributed by atoms with van der Waals surface area (Å²) in [4.78, 5) is 23.6. The topological polar surface area (TPSA) is 58.1 Å². The maximum atomic E-state index is 13.1. The summed E-state index contributed by atoms with van der Waals surface area (Å²) < 4.78 is 0. The van der Waals surface area contributed by atoms with E-state index >= 15 is 0 Å². The van der Waals surface area contributed by atoms with E-state index in [1.807, 2.05) is 69.3 Å². The second-order valence-electron chi connectivity index (χ2n) is 6.78. The molecule has 0 spiro atoms. The lowest BCUT2D eigenvalue weighted by atomic mass is 10.1. The number of aryl methyl sites for hydroxylation is 4. The van der Waals surface area contributed by atoms with Crippen LogP contribution in [0.1, 0.15) is 32.9 Å². The van der Waals surface area contributed by atoms with Gasteiger partial charge in [0.15, 0.2) is 0 Å². The molecule has 5 heteroatoms. The van der Waals surface area contributed by atoms with Gasteiger partial charge in [0.2, 0.25) is 5.95 Å². The Morgan fingerprint density at radius 3 is 2.22 bits per heavy atom. The summed E-state index contributed by atoms with van der Waals surface area (Å²) in [5.41, 5.74) is 6.22. The summed E-state index contributed by atoms with van der Waals surface area (Å²) >= 11 is 0. The summed E-state index contributed by atoms with van der Waals surface area (Å²) in [6, 6.07) is 15.3. The fraction of sp³-hybridized carbons (Fsp3) is 0.227. The molecule has 3 aromatic rings. The van der Waals surface area contributed by atoms with Gasteiger partial charge in [-0.25, -0.2) is 9.97 Å². The predicted molar refractivity (Wildman–Crippen MR) is 110 cm³/mol. The maximum Gasteiger partial charge on any atom is 0.260 e. The van der Waals surface area contributed by atoms with Crippen LogP contribution in [0.4, 0.5) is 17.3 Å². The van der Waals surface area contributed by atoms with Crippen molar-refractivity contribution < 1.29 is 4.79 Å². The first-order valence-corrected chi connectivity index (χ1v) is 8.89. The highest BCUT2D eigenvalue weighted by Gasteiger charge is 2.18. The number of anilines is 3. The third-order valence-corrected chi connectivity index (χ3v) is 4.57. The fourth-order valence-electron chi connectivity index (χ4n) is 2.91. The van der Waals surface area contributed by atoms with E-state index in [-0.39, 0.29) is 5.91 Å². The van der Waals surface area contributed by atoms with Crippen LogP contribution in [0.2, 0.25) is 0 Å². The highest BCUT2D eigenvalue weighted by atomic mass is 16.2. The monoisotopic (exact) mass is 360 g/mol. The first-order chi connectivity index (χ1) is 12.8. The smallest absolute Gasteiger partial charge is 0.260 e. The maximum absolute atomic E-state index is 13.1. The van der Waals surface area contributed by atoms with Gasteiger partial charge in [-0.3, -0.25) is 4.79 Å². The van der Waals surface area contributed by atoms with Gasteiger partial charge in [0.25, 0.3) is 5.91 Å². The van der Waals surface area contributed by atoms with Crippen molar-refractivity contribution in [2.24, 2.45) is 0 Å². The highest BCUT2D eigenvalue weighted by Crippen LogP contribution is 2.24. The number of amides is 1. The van der Waals surface area contributed by atoms with Crippen LogP contribution in [0.25, 0.3) is 0 Å². The van der Waals surface area contributed by atoms with Crippen molar-refractivity contribution in [2.45, 2.75) is 27.7 Å². The van der Waals surface area contributed by atoms with Gasteiger partial charge < -0.3 is 10.2 Å². The average Bonchev–Trinajstić information content (AvgIpc) is 2.62. The molecule has 1 N–H and O–H groups in total. The number of carbonyl (C=O) groups is 1. The van der Waals surface area contributed by atoms with Crippen molar-refractivity contribution in [2.75, 3.05) is 17.3 Å². The van der Waals surface area contributed by atoms with Crippen LogP contribution >= 0.6 is 0 Å². The van der Waals surface area contributed by atoms with Crippen molar-refractivity contribution in [3.63, 3.8) is 0 Å². The molecule has 1 amide bonds. The Morgan fingerprint density at radius 2 is 1.56 bits per heavy atom. The predicted octanol–water partition coefficient (Wildman–Crippen LogP) is 4.73. The number of carbonyl (C=O) groups excluding carboxylic acids is 1. The number of nitrogens with zero attached hydrogens (tertiary/aromatic N) is 3. The summed E-state index contributed by atoms with van der Waals surface area (Å²) in [5.74, 6) is 0.396. The first-order valence-electron chi connectivity index (χ1n) is 8.89. The second-order valence-corrected chi connectivity index (χ2v) is 6.78. The van der Waals surface area contributed by atoms with Gasteiger partial charge in [-0.2, -0.15) is 0 Å². The van der Waals surface area contributed by atoms with Crippen molar-refractivity contribution >= 4 is 23.2 Å². The molecule has 1 aromatic heterocycles. The summed E-state index contributed by atoms with van der Waals surface area (Å²) in [7, 11) is 1.79. The van der Waals surface area contributed by atoms with Gasteiger partial charge in [-0.1, -0.05) is 18.2 Å². The molecule has 0 saturated carbocycles. The number of para-hydroxylation sites is 1. The van der Waals surface area contributed by atoms with E-state index in [2.05, 4.69) is 22.2 Å². The van der Waals surface area contributed by atoms with Crippen LogP contribution in [0, 0.1) is 27.7 Å². The Morgan fingerprint density at radius 1 is 0.889 bits per heavy atom. The number of nitrogens with one attached hydrogen (secondary N) is 1. The molecule has 0 bridgehead atoms. The zero-order valence-corrected chi connectivity index (χ0v) is 16.4. The molecule has 1 heterocycles. The molecule has 0 unspecified atom stereocenters. The molecule has 27 heavy (non-hydrogen) atoms. The number of rotatable bonds is 4. The van der Waals surface area contributed by atoms with Crippen LogP contribution in [0.5, 0.6) is 0 Å². The van der Waals surface area contributed by atoms with Gasteiger partial charge in [0.05, 0.1) is 11.3 Å². The van der Waals surface area contributed by atoms with E-state index in [1.54, 1.807) is 11.9 Å². The van der Waals surface area contributed by atoms with Gasteiger partial charge in [-0.05, 0) is 69.2 Å². The minimum Gasteiger partial charge on any atom is -0.323 e. The largest absolute Gasteiger partial charge is 0.323 e. The molecule has 0 radical (unpaired) electrons. The lowest BCUT2D eigenvalue weighted by molar-refractivity contribution is 0.0994. The molecule has 0 fully saturated rings. The highest BCUT2D eigenvalue weighted by molar-refractivity contribution is 6.09. The fourth-order valence-corrected chi connectivity index (χ4v) is 2.91. The lowest BCUT2D eigenvalue weighted by Crippen LogP contribution is -2.27. The Hall–Kier alpha value is -3.21. The van der Waals surface area contributed by atoms with E-state index < -0.39 is 0 Å². The third-order valence-electron chi connectivity index (χ3n) is 4.57. The molecular weight excluding hydrogens is 336 g/mol. The van der Waals surface area contributed by atoms with Gasteiger partial charge >= 0.3 is 0 Å². The number of hydrogen-bond acceptors (Lipinski definition) is 4. The number of hydrogen-bond donors (Lipinski definition) is 1. The van der Waals surface area contributed by atoms with Crippen LogP contribution in [-0.2, 0) is 0 Å². The van der Waals surface area contributed by atoms with Gasteiger partial charge in [-0.15, -0.1) is 0 Å². The van der Waals surface area contributed by atoms with Gasteiger partial charge in [0, 0.05) is 24.1 Å². The van der Waals surface area contributed by atoms with Crippen LogP contribution in [0.15, 0.2) is 48.5 Å². The molecule has 5 nitrogen and oxygen atoms in total. The van der Waals surface area contributed by atoms with Crippen molar-refractivity contribution in [3.05, 3.63) is 76.6 Å². The zero-order chi connectivity index (χ0) is 19.6. The molecule has 0 atom stereocenters. The Kier molecular flexibility index (Phi) is 5.21. The summed E-state index contributed by atoms with van der Waals surface area (Å²) in [5, 5.41) is 3.19. The van der Waals surface area contributed by atoms with E-state index in [0.29, 0.717) is 17.2 Å². The molecule has 138 valence electrons. The standard InChI is InChI=1S/C22H24N4O/c1-14-10-11-18(12-15(14)2)26(5)21(27)19-8-6-7-9-20(19)25-22-23-16(3)13-17(4)24-22/h6-13H,1-5H3,(H,23,24,25). The van der Waals surface area contributed by atoms with E-state index in [9.17, 15) is 4.79 Å². The zero-order valence-electron chi connectivity index (χ0n) is 16.4. The van der Waals surface area contributed by atoms with Crippen molar-refractivity contribution in [3.8, 4) is 0 Å². The van der Waals surface area contributed by atoms with Crippen molar-refractivity contribution in [1.29, 1.82) is 0 Å². The molecule has 0 saturated heterocycles. The number of aromatic nitrogens is 2. The van der Waals surface area contributed by atoms with Crippen LogP contribution in [-0.4, -0.2) is 22.9 Å². The van der Waals surface area contributed by atoms with Crippen LogP contribution in [0.3, 0.4) is 0 Å². The van der Waals surface area contributed by atoms with Gasteiger partial charge in [0.1, 0.15) is 0 Å². The minimum atomic E-state index is -0.0919. The second kappa shape index (κ2) is 7.58. The summed E-state index contributed by atoms with van der Waals surface area (Å²) in [6.45, 7) is 7.95. The first kappa shape index (κ1) is 18.6. The minimum absolute atomic E-state index is 0.0919. The van der Waals surface area contributed by atoms with E-state index in [0.717, 1.165) is 22.6 Å². The lowest BCUT2D eigenvalue weighted by Gasteiger charge is -2.20. The SMILES string of the molecule is Cc1cc(C)nc(Nc2ccccc2C(=O)N(C)c2ccc(C)c(C)c2)n1. The Bertz CT molecular complexity index is 977. The summed E-state index contributed by atoms with van der Waals surface area (Å²) in [6.07, 6.45) is 0. The third kappa shape index (κ3) is 4.14. The van der Waals surface area contributed by atoms with Crippen molar-refractivity contribution in [1.82, 2.24) is 9.97 Å². The van der Waals surface area contributed by atoms with Crippen LogP contribution < -0.4 is 10.2 Å². The molecule has 3 rings (SSSR count). The molecule has 0 aliphatic rings. The molecule has 0 aliphatic carbocycles. The molecule has 2 aromatic carbocycles. The van der Waals surface area contributed by atoms with E-state index in [1.165, 1.54) is 5.56 Å². The Labute approximate surface area is 160 Å². The molecule has 0 aliphatic heterocycles. The average molecular weight is 360 g/mol. The Balaban J connectivity index is 1.92. The molecular formula is C22H24N4O. The number of benzene rings is 2. The normalized spacial score (nSPS) is 10.6.